The molecule has 1 aliphatic rings. The van der Waals surface area contributed by atoms with E-state index in [0.717, 1.165) is 32.8 Å². The second-order valence-corrected chi connectivity index (χ2v) is 3.82. The molecule has 0 unspecified atom stereocenters. The summed E-state index contributed by atoms with van der Waals surface area (Å²) in [5, 5.41) is 0. The molecule has 0 amide bonds. The first-order chi connectivity index (χ1) is 7.86. The Morgan fingerprint density at radius 2 is 1.75 bits per heavy atom. The number of hydrogen-bond donors (Lipinski definition) is 0. The van der Waals surface area contributed by atoms with E-state index in [1.165, 1.54) is 11.1 Å². The number of ether oxygens (including phenoxy) is 1. The third-order valence-electron chi connectivity index (χ3n) is 2.76. The van der Waals surface area contributed by atoms with E-state index in [-0.39, 0.29) is 0 Å². The third kappa shape index (κ3) is 3.95. The summed E-state index contributed by atoms with van der Waals surface area (Å²) in [6, 6.07) is 8.60. The maximum absolute atomic E-state index is 5.33. The third-order valence-corrected chi connectivity index (χ3v) is 2.76. The average molecular weight is 221 g/mol. The largest absolute Gasteiger partial charge is 0.379 e. The zero-order valence-electron chi connectivity index (χ0n) is 10.7. The molecule has 0 aliphatic carbocycles. The molecule has 1 aromatic carbocycles. The molecule has 90 valence electrons. The van der Waals surface area contributed by atoms with Crippen molar-refractivity contribution in [2.45, 2.75) is 27.3 Å². The predicted molar refractivity (Wildman–Crippen MR) is 68.6 cm³/mol. The molecule has 0 aromatic heterocycles. The minimum atomic E-state index is 0.881. The Labute approximate surface area is 99.2 Å². The van der Waals surface area contributed by atoms with Crippen molar-refractivity contribution in [3.05, 3.63) is 35.4 Å². The molecule has 0 saturated carbocycles. The lowest BCUT2D eigenvalue weighted by molar-refractivity contribution is 0.0341. The molecule has 1 heterocycles. The van der Waals surface area contributed by atoms with Crippen molar-refractivity contribution in [2.75, 3.05) is 26.3 Å². The van der Waals surface area contributed by atoms with E-state index in [2.05, 4.69) is 36.1 Å². The summed E-state index contributed by atoms with van der Waals surface area (Å²) in [5.41, 5.74) is 2.83. The van der Waals surface area contributed by atoms with Crippen LogP contribution in [0.25, 0.3) is 0 Å². The molecule has 0 N–H and O–H groups in total. The molecule has 16 heavy (non-hydrogen) atoms. The van der Waals surface area contributed by atoms with E-state index in [4.69, 9.17) is 4.74 Å². The van der Waals surface area contributed by atoms with Crippen molar-refractivity contribution >= 4 is 0 Å². The first-order valence-electron chi connectivity index (χ1n) is 6.21. The van der Waals surface area contributed by atoms with Crippen LogP contribution in [-0.2, 0) is 11.3 Å². The SMILES string of the molecule is CC.Cc1ccccc1CN1CCOCC1. The molecule has 1 aliphatic heterocycles. The summed E-state index contributed by atoms with van der Waals surface area (Å²) in [6.07, 6.45) is 0. The van der Waals surface area contributed by atoms with E-state index in [1.807, 2.05) is 13.8 Å². The highest BCUT2D eigenvalue weighted by Gasteiger charge is 2.10. The van der Waals surface area contributed by atoms with Crippen molar-refractivity contribution in [1.82, 2.24) is 4.90 Å². The first kappa shape index (κ1) is 13.2. The van der Waals surface area contributed by atoms with Gasteiger partial charge >= 0.3 is 0 Å². The Morgan fingerprint density at radius 1 is 1.12 bits per heavy atom. The maximum atomic E-state index is 5.33. The molecule has 1 aromatic rings. The summed E-state index contributed by atoms with van der Waals surface area (Å²) < 4.78 is 5.33. The van der Waals surface area contributed by atoms with E-state index in [1.54, 1.807) is 0 Å². The molecule has 0 atom stereocenters. The van der Waals surface area contributed by atoms with E-state index >= 15 is 0 Å². The van der Waals surface area contributed by atoms with Crippen molar-refractivity contribution < 1.29 is 4.74 Å². The number of hydrogen-bond acceptors (Lipinski definition) is 2. The van der Waals surface area contributed by atoms with E-state index in [9.17, 15) is 0 Å². The second kappa shape index (κ2) is 7.42. The van der Waals surface area contributed by atoms with Crippen LogP contribution in [0.2, 0.25) is 0 Å². The standard InChI is InChI=1S/C12H17NO.C2H6/c1-11-4-2-3-5-12(11)10-13-6-8-14-9-7-13;1-2/h2-5H,6-10H2,1H3;1-2H3. The molecule has 0 bridgehead atoms. The summed E-state index contributed by atoms with van der Waals surface area (Å²) in [7, 11) is 0. The van der Waals surface area contributed by atoms with Gasteiger partial charge in [-0.05, 0) is 18.1 Å². The van der Waals surface area contributed by atoms with Crippen LogP contribution in [0.1, 0.15) is 25.0 Å². The van der Waals surface area contributed by atoms with Crippen LogP contribution in [0.4, 0.5) is 0 Å². The fraction of sp³-hybridized carbons (Fsp3) is 0.571. The molecule has 1 saturated heterocycles. The Kier molecular flexibility index (Phi) is 6.12. The molecule has 2 nitrogen and oxygen atoms in total. The minimum absolute atomic E-state index is 0.881. The maximum Gasteiger partial charge on any atom is 0.0594 e. The predicted octanol–water partition coefficient (Wildman–Crippen LogP) is 2.85. The molecule has 1 fully saturated rings. The Hall–Kier alpha value is -0.860. The molecular formula is C14H23NO. The van der Waals surface area contributed by atoms with Crippen LogP contribution < -0.4 is 0 Å². The van der Waals surface area contributed by atoms with Gasteiger partial charge < -0.3 is 4.74 Å². The van der Waals surface area contributed by atoms with E-state index in [0.29, 0.717) is 0 Å². The number of morpholine rings is 1. The van der Waals surface area contributed by atoms with Crippen LogP contribution in [0.15, 0.2) is 24.3 Å². The average Bonchev–Trinajstić information content (AvgIpc) is 2.36. The Balaban J connectivity index is 0.000000606. The van der Waals surface area contributed by atoms with Crippen LogP contribution >= 0.6 is 0 Å². The minimum Gasteiger partial charge on any atom is -0.379 e. The van der Waals surface area contributed by atoms with Gasteiger partial charge in [0.05, 0.1) is 13.2 Å². The van der Waals surface area contributed by atoms with Crippen molar-refractivity contribution in [3.63, 3.8) is 0 Å². The lowest BCUT2D eigenvalue weighted by atomic mass is 10.1. The Morgan fingerprint density at radius 3 is 2.38 bits per heavy atom. The van der Waals surface area contributed by atoms with Crippen molar-refractivity contribution in [2.24, 2.45) is 0 Å². The van der Waals surface area contributed by atoms with Gasteiger partial charge in [0.1, 0.15) is 0 Å². The first-order valence-corrected chi connectivity index (χ1v) is 6.21. The van der Waals surface area contributed by atoms with Gasteiger partial charge in [-0.2, -0.15) is 0 Å². The zero-order chi connectivity index (χ0) is 11.8. The van der Waals surface area contributed by atoms with Crippen molar-refractivity contribution in [1.29, 1.82) is 0 Å². The van der Waals surface area contributed by atoms with Crippen LogP contribution in [0.3, 0.4) is 0 Å². The smallest absolute Gasteiger partial charge is 0.0594 e. The fourth-order valence-corrected chi connectivity index (χ4v) is 1.79. The Bertz CT molecular complexity index is 293. The van der Waals surface area contributed by atoms with Crippen molar-refractivity contribution in [3.8, 4) is 0 Å². The fourth-order valence-electron chi connectivity index (χ4n) is 1.79. The number of benzene rings is 1. The normalized spacial score (nSPS) is 16.4. The lowest BCUT2D eigenvalue weighted by Gasteiger charge is -2.27. The van der Waals surface area contributed by atoms with Gasteiger partial charge in [-0.3, -0.25) is 4.90 Å². The van der Waals surface area contributed by atoms with Gasteiger partial charge in [-0.1, -0.05) is 38.1 Å². The second-order valence-electron chi connectivity index (χ2n) is 3.82. The van der Waals surface area contributed by atoms with Gasteiger partial charge in [0.2, 0.25) is 0 Å². The summed E-state index contributed by atoms with van der Waals surface area (Å²) in [6.45, 7) is 11.1. The van der Waals surface area contributed by atoms with Gasteiger partial charge in [0.15, 0.2) is 0 Å². The van der Waals surface area contributed by atoms with E-state index < -0.39 is 0 Å². The summed E-state index contributed by atoms with van der Waals surface area (Å²) in [5.74, 6) is 0. The topological polar surface area (TPSA) is 12.5 Å². The monoisotopic (exact) mass is 221 g/mol. The van der Waals surface area contributed by atoms with Crippen LogP contribution in [0, 0.1) is 6.92 Å². The highest BCUT2D eigenvalue weighted by atomic mass is 16.5. The van der Waals surface area contributed by atoms with Crippen LogP contribution in [-0.4, -0.2) is 31.2 Å². The number of aryl methyl sites for hydroxylation is 1. The van der Waals surface area contributed by atoms with Crippen LogP contribution in [0.5, 0.6) is 0 Å². The molecule has 2 heteroatoms. The molecule has 0 spiro atoms. The molecule has 2 rings (SSSR count). The molecule has 0 radical (unpaired) electrons. The summed E-state index contributed by atoms with van der Waals surface area (Å²) >= 11 is 0. The van der Waals surface area contributed by atoms with Gasteiger partial charge in [-0.15, -0.1) is 0 Å². The lowest BCUT2D eigenvalue weighted by Crippen LogP contribution is -2.35. The zero-order valence-corrected chi connectivity index (χ0v) is 10.7. The highest BCUT2D eigenvalue weighted by molar-refractivity contribution is 5.25. The quantitative estimate of drug-likeness (QED) is 0.761. The number of rotatable bonds is 2. The summed E-state index contributed by atoms with van der Waals surface area (Å²) in [4.78, 5) is 2.45. The van der Waals surface area contributed by atoms with Gasteiger partial charge in [-0.25, -0.2) is 0 Å². The van der Waals surface area contributed by atoms with Gasteiger partial charge in [0, 0.05) is 19.6 Å². The number of nitrogens with zero attached hydrogens (tertiary/aromatic N) is 1. The van der Waals surface area contributed by atoms with Gasteiger partial charge in [0.25, 0.3) is 0 Å². The highest BCUT2D eigenvalue weighted by Crippen LogP contribution is 2.11. The molecular weight excluding hydrogens is 198 g/mol.